The molecule has 2 N–H and O–H groups in total. The van der Waals surface area contributed by atoms with E-state index in [0.29, 0.717) is 6.54 Å². The molecular formula is C18H19N3O2S. The molecule has 0 unspecified atom stereocenters. The summed E-state index contributed by atoms with van der Waals surface area (Å²) in [6, 6.07) is 11.3. The number of anilines is 1. The zero-order valence-corrected chi connectivity index (χ0v) is 14.4. The maximum Gasteiger partial charge on any atom is 0.319 e. The Bertz CT molecular complexity index is 807. The Labute approximate surface area is 144 Å². The van der Waals surface area contributed by atoms with E-state index in [1.54, 1.807) is 6.26 Å². The second kappa shape index (κ2) is 7.31. The Morgan fingerprint density at radius 3 is 2.71 bits per heavy atom. The summed E-state index contributed by atoms with van der Waals surface area (Å²) in [5.74, 6) is 0.745. The lowest BCUT2D eigenvalue weighted by molar-refractivity contribution is 0.252. The van der Waals surface area contributed by atoms with E-state index < -0.39 is 0 Å². The predicted octanol–water partition coefficient (Wildman–Crippen LogP) is 4.60. The second-order valence-electron chi connectivity index (χ2n) is 5.36. The van der Waals surface area contributed by atoms with Gasteiger partial charge in [0, 0.05) is 10.6 Å². The van der Waals surface area contributed by atoms with Gasteiger partial charge in [0.1, 0.15) is 0 Å². The number of benzene rings is 1. The van der Waals surface area contributed by atoms with Crippen LogP contribution in [0.3, 0.4) is 0 Å². The third kappa shape index (κ3) is 3.83. The highest BCUT2D eigenvalue weighted by molar-refractivity contribution is 7.15. The molecule has 0 spiro atoms. The van der Waals surface area contributed by atoms with Crippen LogP contribution in [0.1, 0.15) is 23.1 Å². The summed E-state index contributed by atoms with van der Waals surface area (Å²) in [7, 11) is 0. The monoisotopic (exact) mass is 341 g/mol. The minimum Gasteiger partial charge on any atom is -0.462 e. The topological polar surface area (TPSA) is 67.2 Å². The van der Waals surface area contributed by atoms with Crippen molar-refractivity contribution in [3.05, 3.63) is 58.8 Å². The number of furan rings is 1. The first-order valence-electron chi connectivity index (χ1n) is 7.79. The Hall–Kier alpha value is -2.60. The number of aromatic nitrogens is 1. The number of hydrogen-bond donors (Lipinski definition) is 2. The third-order valence-electron chi connectivity index (χ3n) is 3.65. The molecule has 2 amide bonds. The van der Waals surface area contributed by atoms with Gasteiger partial charge in [-0.1, -0.05) is 19.1 Å². The van der Waals surface area contributed by atoms with E-state index in [4.69, 9.17) is 4.42 Å². The summed E-state index contributed by atoms with van der Waals surface area (Å²) in [5, 5.41) is 6.52. The fourth-order valence-electron chi connectivity index (χ4n) is 2.26. The van der Waals surface area contributed by atoms with E-state index in [-0.39, 0.29) is 6.03 Å². The normalized spacial score (nSPS) is 10.6. The molecule has 24 heavy (non-hydrogen) atoms. The van der Waals surface area contributed by atoms with Gasteiger partial charge in [-0.05, 0) is 43.2 Å². The number of hydrogen-bond acceptors (Lipinski definition) is 4. The fraction of sp³-hybridized carbons (Fsp3) is 0.222. The number of urea groups is 1. The van der Waals surface area contributed by atoms with E-state index in [9.17, 15) is 4.79 Å². The molecule has 2 heterocycles. The van der Waals surface area contributed by atoms with Crippen LogP contribution in [0, 0.1) is 6.92 Å². The van der Waals surface area contributed by atoms with Gasteiger partial charge >= 0.3 is 6.03 Å². The number of thiazole rings is 1. The highest BCUT2D eigenvalue weighted by Crippen LogP contribution is 2.28. The first-order valence-corrected chi connectivity index (χ1v) is 8.61. The molecule has 0 saturated carbocycles. The maximum atomic E-state index is 12.0. The molecule has 0 aliphatic heterocycles. The molecule has 0 atom stereocenters. The van der Waals surface area contributed by atoms with Crippen LogP contribution in [0.15, 0.2) is 47.1 Å². The number of rotatable bonds is 5. The number of aryl methyl sites for hydroxylation is 2. The van der Waals surface area contributed by atoms with E-state index >= 15 is 0 Å². The van der Waals surface area contributed by atoms with Crippen molar-refractivity contribution in [1.29, 1.82) is 0 Å². The Kier molecular flexibility index (Phi) is 4.96. The SMILES string of the molecule is CCc1ccc(NC(=O)NCc2sc(-c3ccco3)nc2C)cc1. The van der Waals surface area contributed by atoms with Crippen LogP contribution in [-0.4, -0.2) is 11.0 Å². The van der Waals surface area contributed by atoms with E-state index in [2.05, 4.69) is 22.5 Å². The third-order valence-corrected chi connectivity index (χ3v) is 4.83. The first-order chi connectivity index (χ1) is 11.7. The average Bonchev–Trinajstić information content (AvgIpc) is 3.23. The van der Waals surface area contributed by atoms with Gasteiger partial charge in [0.05, 0.1) is 18.5 Å². The Balaban J connectivity index is 1.58. The molecule has 6 heteroatoms. The van der Waals surface area contributed by atoms with Crippen molar-refractivity contribution in [2.75, 3.05) is 5.32 Å². The van der Waals surface area contributed by atoms with E-state index in [0.717, 1.165) is 33.4 Å². The molecule has 0 aliphatic rings. The van der Waals surface area contributed by atoms with Crippen molar-refractivity contribution in [3.63, 3.8) is 0 Å². The van der Waals surface area contributed by atoms with E-state index in [1.807, 2.05) is 43.3 Å². The van der Waals surface area contributed by atoms with Gasteiger partial charge < -0.3 is 15.1 Å². The average molecular weight is 341 g/mol. The number of amides is 2. The molecule has 0 aliphatic carbocycles. The van der Waals surface area contributed by atoms with E-state index in [1.165, 1.54) is 16.9 Å². The molecule has 124 valence electrons. The summed E-state index contributed by atoms with van der Waals surface area (Å²) in [5.41, 5.74) is 2.92. The molecule has 0 saturated heterocycles. The lowest BCUT2D eigenvalue weighted by Gasteiger charge is -2.07. The van der Waals surface area contributed by atoms with Crippen LogP contribution in [-0.2, 0) is 13.0 Å². The van der Waals surface area contributed by atoms with Crippen molar-refractivity contribution >= 4 is 23.1 Å². The van der Waals surface area contributed by atoms with Crippen molar-refractivity contribution in [3.8, 4) is 10.8 Å². The van der Waals surface area contributed by atoms with Crippen LogP contribution < -0.4 is 10.6 Å². The second-order valence-corrected chi connectivity index (χ2v) is 6.45. The van der Waals surface area contributed by atoms with Crippen LogP contribution >= 0.6 is 11.3 Å². The van der Waals surface area contributed by atoms with Crippen LogP contribution in [0.2, 0.25) is 0 Å². The molecule has 0 radical (unpaired) electrons. The molecule has 1 aromatic carbocycles. The summed E-state index contributed by atoms with van der Waals surface area (Å²) in [4.78, 5) is 17.5. The minimum absolute atomic E-state index is 0.230. The molecule has 0 fully saturated rings. The summed E-state index contributed by atoms with van der Waals surface area (Å²) in [6.45, 7) is 4.47. The highest BCUT2D eigenvalue weighted by atomic mass is 32.1. The predicted molar refractivity (Wildman–Crippen MR) is 96.2 cm³/mol. The number of nitrogens with zero attached hydrogens (tertiary/aromatic N) is 1. The lowest BCUT2D eigenvalue weighted by atomic mass is 10.1. The van der Waals surface area contributed by atoms with Crippen molar-refractivity contribution in [1.82, 2.24) is 10.3 Å². The number of carbonyl (C=O) groups excluding carboxylic acids is 1. The molecule has 0 bridgehead atoms. The van der Waals surface area contributed by atoms with Gasteiger partial charge in [-0.3, -0.25) is 0 Å². The molecule has 3 rings (SSSR count). The lowest BCUT2D eigenvalue weighted by Crippen LogP contribution is -2.28. The Morgan fingerprint density at radius 2 is 2.04 bits per heavy atom. The summed E-state index contributed by atoms with van der Waals surface area (Å²) in [6.07, 6.45) is 2.61. The van der Waals surface area contributed by atoms with Gasteiger partial charge in [-0.2, -0.15) is 0 Å². The van der Waals surface area contributed by atoms with Crippen LogP contribution in [0.25, 0.3) is 10.8 Å². The van der Waals surface area contributed by atoms with Gasteiger partial charge in [0.2, 0.25) is 0 Å². The number of carbonyl (C=O) groups is 1. The van der Waals surface area contributed by atoms with Crippen molar-refractivity contribution in [2.45, 2.75) is 26.8 Å². The van der Waals surface area contributed by atoms with Crippen molar-refractivity contribution < 1.29 is 9.21 Å². The first kappa shape index (κ1) is 16.3. The van der Waals surface area contributed by atoms with Gasteiger partial charge in [0.25, 0.3) is 0 Å². The summed E-state index contributed by atoms with van der Waals surface area (Å²) < 4.78 is 5.36. The fourth-order valence-corrected chi connectivity index (χ4v) is 3.23. The molecule has 5 nitrogen and oxygen atoms in total. The summed E-state index contributed by atoms with van der Waals surface area (Å²) >= 11 is 1.52. The van der Waals surface area contributed by atoms with Gasteiger partial charge in [-0.25, -0.2) is 9.78 Å². The number of nitrogens with one attached hydrogen (secondary N) is 2. The largest absolute Gasteiger partial charge is 0.462 e. The molecule has 2 aromatic heterocycles. The van der Waals surface area contributed by atoms with Crippen LogP contribution in [0.5, 0.6) is 0 Å². The minimum atomic E-state index is -0.230. The zero-order chi connectivity index (χ0) is 16.9. The van der Waals surface area contributed by atoms with Crippen LogP contribution in [0.4, 0.5) is 10.5 Å². The van der Waals surface area contributed by atoms with Gasteiger partial charge in [0.15, 0.2) is 10.8 Å². The van der Waals surface area contributed by atoms with Gasteiger partial charge in [-0.15, -0.1) is 11.3 Å². The quantitative estimate of drug-likeness (QED) is 0.713. The maximum absolute atomic E-state index is 12.0. The molecular weight excluding hydrogens is 322 g/mol. The van der Waals surface area contributed by atoms with Crippen molar-refractivity contribution in [2.24, 2.45) is 0 Å². The molecule has 3 aromatic rings. The Morgan fingerprint density at radius 1 is 1.25 bits per heavy atom. The smallest absolute Gasteiger partial charge is 0.319 e. The standard InChI is InChI=1S/C18H19N3O2S/c1-3-13-6-8-14(9-7-13)21-18(22)19-11-16-12(2)20-17(24-16)15-5-4-10-23-15/h4-10H,3,11H2,1-2H3,(H2,19,21,22). The highest BCUT2D eigenvalue weighted by Gasteiger charge is 2.12. The zero-order valence-electron chi connectivity index (χ0n) is 13.6.